The molecule has 0 amide bonds. The van der Waals surface area contributed by atoms with Crippen LogP contribution in [-0.4, -0.2) is 38.6 Å². The lowest BCUT2D eigenvalue weighted by molar-refractivity contribution is -0.264. The van der Waals surface area contributed by atoms with Crippen LogP contribution in [0, 0.1) is 39.9 Å². The van der Waals surface area contributed by atoms with E-state index in [1.165, 1.54) is 0 Å². The molecule has 3 saturated carbocycles. The lowest BCUT2D eigenvalue weighted by Gasteiger charge is -2.62. The van der Waals surface area contributed by atoms with Gasteiger partial charge in [-0.05, 0) is 74.2 Å². The Bertz CT molecular complexity index is 843. The molecule has 4 rings (SSSR count). The van der Waals surface area contributed by atoms with E-state index < -0.39 is 28.0 Å². The topological polar surface area (TPSA) is 112 Å². The number of fused-ring (bicyclic) bond motifs is 5. The van der Waals surface area contributed by atoms with Gasteiger partial charge in [0.2, 0.25) is 0 Å². The Morgan fingerprint density at radius 1 is 1.17 bits per heavy atom. The van der Waals surface area contributed by atoms with Gasteiger partial charge in [0.1, 0.15) is 5.78 Å². The van der Waals surface area contributed by atoms with Gasteiger partial charge in [-0.1, -0.05) is 26.3 Å². The van der Waals surface area contributed by atoms with Gasteiger partial charge < -0.3 is 15.3 Å². The predicted octanol–water partition coefficient (Wildman–Crippen LogP) is 3.11. The van der Waals surface area contributed by atoms with Crippen LogP contribution in [0.2, 0.25) is 0 Å². The Kier molecular flexibility index (Phi) is 4.69. The summed E-state index contributed by atoms with van der Waals surface area (Å²) in [6.07, 6.45) is 4.83. The Balaban J connectivity index is 1.79. The molecular weight excluding hydrogens is 384 g/mol. The number of Topliss-reactive ketones (excluding diaryl/α,β-unsaturated/α-hetero) is 1. The molecule has 0 spiro atoms. The highest BCUT2D eigenvalue weighted by molar-refractivity contribution is 5.92. The van der Waals surface area contributed by atoms with Crippen molar-refractivity contribution in [2.75, 3.05) is 0 Å². The third kappa shape index (κ3) is 2.46. The van der Waals surface area contributed by atoms with E-state index in [0.717, 1.165) is 18.4 Å². The molecule has 0 unspecified atom stereocenters. The van der Waals surface area contributed by atoms with Crippen molar-refractivity contribution in [3.63, 3.8) is 0 Å². The molecule has 0 bridgehead atoms. The Hall–Kier alpha value is -1.53. The zero-order valence-electron chi connectivity index (χ0n) is 18.4. The molecule has 0 aromatic heterocycles. The second-order valence-corrected chi connectivity index (χ2v) is 10.9. The monoisotopic (exact) mass is 418 g/mol. The van der Waals surface area contributed by atoms with E-state index >= 15 is 0 Å². The summed E-state index contributed by atoms with van der Waals surface area (Å²) in [6.45, 7) is 7.55. The van der Waals surface area contributed by atoms with Crippen molar-refractivity contribution in [2.45, 2.75) is 78.4 Å². The van der Waals surface area contributed by atoms with Gasteiger partial charge in [0, 0.05) is 10.8 Å². The number of hydrogen-bond acceptors (Lipinski definition) is 5. The number of aliphatic hydroxyl groups is 2. The van der Waals surface area contributed by atoms with Gasteiger partial charge in [-0.25, -0.2) is 0 Å². The molecule has 6 heteroatoms. The van der Waals surface area contributed by atoms with Gasteiger partial charge >= 0.3 is 5.97 Å². The maximum atomic E-state index is 13.0. The fraction of sp³-hybridized carbons (Fsp3) is 0.792. The molecule has 7 atom stereocenters. The molecule has 4 aliphatic rings. The van der Waals surface area contributed by atoms with Crippen LogP contribution in [0.1, 0.15) is 72.6 Å². The standard InChI is InChI=1S/C24H34O6/c1-13-9-19-17-6-5-15-10-16(26)11-24(29,30)22(15,4)18(17)7-8-21(19,3)23(13,14(2)25)12-20(27)28/h10,13,17-19,29-30H,5-9,11-12H2,1-4H3,(H,27,28)/t13-,17-,18+,19+,21+,22+,23+/m1/s1. The summed E-state index contributed by atoms with van der Waals surface area (Å²) in [5.74, 6) is -2.99. The molecular formula is C24H34O6. The van der Waals surface area contributed by atoms with E-state index in [0.29, 0.717) is 19.3 Å². The number of aliphatic carboxylic acids is 1. The summed E-state index contributed by atoms with van der Waals surface area (Å²) < 4.78 is 0. The van der Waals surface area contributed by atoms with E-state index in [9.17, 15) is 29.7 Å². The molecule has 0 aromatic carbocycles. The summed E-state index contributed by atoms with van der Waals surface area (Å²) in [7, 11) is 0. The van der Waals surface area contributed by atoms with E-state index in [2.05, 4.69) is 6.92 Å². The minimum atomic E-state index is -2.08. The van der Waals surface area contributed by atoms with Crippen LogP contribution in [0.3, 0.4) is 0 Å². The average Bonchev–Trinajstić information content (AvgIpc) is 2.84. The van der Waals surface area contributed by atoms with Gasteiger partial charge in [-0.2, -0.15) is 0 Å². The molecule has 0 heterocycles. The van der Waals surface area contributed by atoms with Crippen LogP contribution in [0.25, 0.3) is 0 Å². The Morgan fingerprint density at radius 2 is 1.83 bits per heavy atom. The molecule has 0 aliphatic heterocycles. The highest BCUT2D eigenvalue weighted by atomic mass is 16.5. The number of ketones is 2. The second-order valence-electron chi connectivity index (χ2n) is 10.9. The first-order valence-corrected chi connectivity index (χ1v) is 11.2. The third-order valence-electron chi connectivity index (χ3n) is 10.1. The van der Waals surface area contributed by atoms with E-state index in [1.54, 1.807) is 13.0 Å². The minimum Gasteiger partial charge on any atom is -0.481 e. The molecule has 6 nitrogen and oxygen atoms in total. The molecule has 3 N–H and O–H groups in total. The Labute approximate surface area is 177 Å². The summed E-state index contributed by atoms with van der Waals surface area (Å²) in [5.41, 5.74) is -1.36. The molecule has 0 radical (unpaired) electrons. The van der Waals surface area contributed by atoms with E-state index in [1.807, 2.05) is 13.8 Å². The smallest absolute Gasteiger partial charge is 0.304 e. The van der Waals surface area contributed by atoms with Crippen LogP contribution in [0.15, 0.2) is 11.6 Å². The first-order chi connectivity index (χ1) is 13.8. The number of carbonyl (C=O) groups is 3. The summed E-state index contributed by atoms with van der Waals surface area (Å²) in [4.78, 5) is 36.9. The maximum Gasteiger partial charge on any atom is 0.304 e. The molecule has 3 fully saturated rings. The first-order valence-electron chi connectivity index (χ1n) is 11.2. The van der Waals surface area contributed by atoms with Crippen molar-refractivity contribution in [3.8, 4) is 0 Å². The van der Waals surface area contributed by atoms with Crippen LogP contribution >= 0.6 is 0 Å². The molecule has 4 aliphatic carbocycles. The molecule has 0 aromatic rings. The summed E-state index contributed by atoms with van der Waals surface area (Å²) in [6, 6.07) is 0. The SMILES string of the molecule is CC(=O)[C@]1(CC(=O)O)[C@H](C)C[C@H]2[C@@H]3CCC4=CC(=O)CC(O)(O)[C@]4(C)[C@H]3CC[C@@]21C. The van der Waals surface area contributed by atoms with Crippen molar-refractivity contribution < 1.29 is 29.7 Å². The molecule has 0 saturated heterocycles. The minimum absolute atomic E-state index is 0.00142. The van der Waals surface area contributed by atoms with E-state index in [4.69, 9.17) is 0 Å². The number of carboxylic acid groups (broad SMARTS) is 1. The van der Waals surface area contributed by atoms with Gasteiger partial charge in [0.15, 0.2) is 11.6 Å². The number of carbonyl (C=O) groups excluding carboxylic acids is 2. The first kappa shape index (κ1) is 21.7. The van der Waals surface area contributed by atoms with Crippen molar-refractivity contribution in [1.82, 2.24) is 0 Å². The van der Waals surface area contributed by atoms with Gasteiger partial charge in [-0.15, -0.1) is 0 Å². The van der Waals surface area contributed by atoms with Gasteiger partial charge in [0.25, 0.3) is 0 Å². The molecule has 30 heavy (non-hydrogen) atoms. The zero-order valence-corrected chi connectivity index (χ0v) is 18.4. The number of carboxylic acids is 1. The van der Waals surface area contributed by atoms with Crippen molar-refractivity contribution >= 4 is 17.5 Å². The largest absolute Gasteiger partial charge is 0.481 e. The van der Waals surface area contributed by atoms with Gasteiger partial charge in [-0.3, -0.25) is 14.4 Å². The van der Waals surface area contributed by atoms with Crippen LogP contribution < -0.4 is 0 Å². The van der Waals surface area contributed by atoms with Crippen LogP contribution in [-0.2, 0) is 14.4 Å². The summed E-state index contributed by atoms with van der Waals surface area (Å²) in [5, 5.41) is 31.6. The summed E-state index contributed by atoms with van der Waals surface area (Å²) >= 11 is 0. The van der Waals surface area contributed by atoms with E-state index in [-0.39, 0.29) is 48.1 Å². The highest BCUT2D eigenvalue weighted by Gasteiger charge is 2.70. The highest BCUT2D eigenvalue weighted by Crippen LogP contribution is 2.72. The fourth-order valence-electron chi connectivity index (χ4n) is 8.62. The normalized spacial score (nSPS) is 47.0. The van der Waals surface area contributed by atoms with Crippen LogP contribution in [0.4, 0.5) is 0 Å². The lowest BCUT2D eigenvalue weighted by Crippen LogP contribution is -2.62. The quantitative estimate of drug-likeness (QED) is 0.607. The van der Waals surface area contributed by atoms with Crippen molar-refractivity contribution in [3.05, 3.63) is 11.6 Å². The maximum absolute atomic E-state index is 13.0. The van der Waals surface area contributed by atoms with Crippen LogP contribution in [0.5, 0.6) is 0 Å². The zero-order chi connectivity index (χ0) is 22.3. The lowest BCUT2D eigenvalue weighted by atomic mass is 9.43. The number of hydrogen-bond donors (Lipinski definition) is 3. The third-order valence-corrected chi connectivity index (χ3v) is 10.1. The fourth-order valence-corrected chi connectivity index (χ4v) is 8.62. The predicted molar refractivity (Wildman–Crippen MR) is 109 cm³/mol. The average molecular weight is 419 g/mol. The Morgan fingerprint density at radius 3 is 2.43 bits per heavy atom. The second kappa shape index (κ2) is 6.49. The van der Waals surface area contributed by atoms with Crippen molar-refractivity contribution in [1.29, 1.82) is 0 Å². The van der Waals surface area contributed by atoms with Crippen molar-refractivity contribution in [2.24, 2.45) is 39.9 Å². The number of rotatable bonds is 3. The van der Waals surface area contributed by atoms with Gasteiger partial charge in [0.05, 0.1) is 12.8 Å². The molecule has 166 valence electrons.